The van der Waals surface area contributed by atoms with Gasteiger partial charge in [0.15, 0.2) is 12.4 Å². The van der Waals surface area contributed by atoms with E-state index in [4.69, 9.17) is 21.1 Å². The maximum Gasteiger partial charge on any atom is 0.422 e. The van der Waals surface area contributed by atoms with Crippen molar-refractivity contribution in [3.8, 4) is 23.1 Å². The number of alkyl halides is 4. The highest BCUT2D eigenvalue weighted by molar-refractivity contribution is 6.36. The molecule has 2 aromatic carbocycles. The van der Waals surface area contributed by atoms with Gasteiger partial charge in [-0.25, -0.2) is 8.78 Å². The molecule has 2 aromatic heterocycles. The lowest BCUT2D eigenvalue weighted by molar-refractivity contribution is -0.153. The van der Waals surface area contributed by atoms with Crippen LogP contribution in [0.25, 0.3) is 32.9 Å². The average Bonchev–Trinajstić information content (AvgIpc) is 3.42. The van der Waals surface area contributed by atoms with Gasteiger partial charge in [-0.05, 0) is 30.8 Å². The summed E-state index contributed by atoms with van der Waals surface area (Å²) in [5, 5.41) is 1.55. The smallest absolute Gasteiger partial charge is 0.422 e. The molecule has 204 valence electrons. The van der Waals surface area contributed by atoms with E-state index in [-0.39, 0.29) is 35.6 Å². The van der Waals surface area contributed by atoms with Gasteiger partial charge in [-0.1, -0.05) is 41.9 Å². The summed E-state index contributed by atoms with van der Waals surface area (Å²) in [4.78, 5) is 14.4. The van der Waals surface area contributed by atoms with Crippen molar-refractivity contribution >= 4 is 33.3 Å². The molecule has 0 bridgehead atoms. The molecule has 6 nitrogen and oxygen atoms in total. The number of ether oxygens (including phenoxy) is 2. The van der Waals surface area contributed by atoms with Crippen molar-refractivity contribution < 1.29 is 31.4 Å². The maximum atomic E-state index is 16.1. The van der Waals surface area contributed by atoms with Gasteiger partial charge in [-0.2, -0.15) is 23.1 Å². The van der Waals surface area contributed by atoms with Crippen LogP contribution in [-0.2, 0) is 0 Å². The number of aromatic nitrogens is 3. The largest absolute Gasteiger partial charge is 0.467 e. The third-order valence-corrected chi connectivity index (χ3v) is 7.66. The van der Waals surface area contributed by atoms with E-state index in [1.807, 2.05) is 17.0 Å². The van der Waals surface area contributed by atoms with Crippen LogP contribution in [0.2, 0.25) is 5.02 Å². The fraction of sp³-hybridized carbons (Fsp3) is 0.370. The monoisotopic (exact) mass is 564 g/mol. The first kappa shape index (κ1) is 25.9. The molecular weight excluding hydrogens is 543 g/mol. The van der Waals surface area contributed by atoms with Crippen LogP contribution in [0.5, 0.6) is 11.9 Å². The highest BCUT2D eigenvalue weighted by Gasteiger charge is 2.49. The van der Waals surface area contributed by atoms with Crippen molar-refractivity contribution in [2.24, 2.45) is 0 Å². The summed E-state index contributed by atoms with van der Waals surface area (Å²) in [5.74, 6) is -1.41. The molecule has 0 amide bonds. The SMILES string of the molecule is Fc1c(-c2cccc3cccc(Cl)c23)ncc2c(OCC(F)(F)F)nc(OC[C@@]34CCCN3C[C@H](F)C4)nc12. The quantitative estimate of drug-likeness (QED) is 0.248. The van der Waals surface area contributed by atoms with E-state index in [0.717, 1.165) is 18.4 Å². The minimum Gasteiger partial charge on any atom is -0.467 e. The lowest BCUT2D eigenvalue weighted by atomic mass is 9.95. The Hall–Kier alpha value is -3.31. The second kappa shape index (κ2) is 9.71. The molecule has 0 saturated carbocycles. The highest BCUT2D eigenvalue weighted by atomic mass is 35.5. The molecule has 2 saturated heterocycles. The molecule has 2 atom stereocenters. The second-order valence-electron chi connectivity index (χ2n) is 9.91. The first-order valence-corrected chi connectivity index (χ1v) is 12.8. The Morgan fingerprint density at radius 2 is 1.90 bits per heavy atom. The Labute approximate surface area is 224 Å². The molecule has 12 heteroatoms. The van der Waals surface area contributed by atoms with E-state index in [1.165, 1.54) is 6.20 Å². The Morgan fingerprint density at radius 1 is 1.10 bits per heavy atom. The molecule has 0 spiro atoms. The highest BCUT2D eigenvalue weighted by Crippen LogP contribution is 2.41. The number of nitrogens with zero attached hydrogens (tertiary/aromatic N) is 4. The predicted molar refractivity (Wildman–Crippen MR) is 135 cm³/mol. The van der Waals surface area contributed by atoms with Crippen LogP contribution in [0.4, 0.5) is 22.0 Å². The van der Waals surface area contributed by atoms with Gasteiger partial charge in [0.05, 0.1) is 10.9 Å². The van der Waals surface area contributed by atoms with Crippen LogP contribution >= 0.6 is 11.6 Å². The molecule has 0 N–H and O–H groups in total. The summed E-state index contributed by atoms with van der Waals surface area (Å²) in [7, 11) is 0. The Bertz CT molecular complexity index is 1560. The third kappa shape index (κ3) is 4.82. The third-order valence-electron chi connectivity index (χ3n) is 7.34. The molecule has 2 aliphatic rings. The molecule has 39 heavy (non-hydrogen) atoms. The Kier molecular flexibility index (Phi) is 6.46. The summed E-state index contributed by atoms with van der Waals surface area (Å²) in [6.07, 6.45) is -2.67. The first-order chi connectivity index (χ1) is 18.6. The molecule has 2 fully saturated rings. The topological polar surface area (TPSA) is 60.4 Å². The fourth-order valence-electron chi connectivity index (χ4n) is 5.66. The summed E-state index contributed by atoms with van der Waals surface area (Å²) >= 11 is 6.42. The van der Waals surface area contributed by atoms with Crippen molar-refractivity contribution in [3.05, 3.63) is 53.4 Å². The summed E-state index contributed by atoms with van der Waals surface area (Å²) in [6.45, 7) is -0.628. The van der Waals surface area contributed by atoms with Gasteiger partial charge in [0.2, 0.25) is 5.88 Å². The Morgan fingerprint density at radius 3 is 2.69 bits per heavy atom. The van der Waals surface area contributed by atoms with E-state index < -0.39 is 36.2 Å². The lowest BCUT2D eigenvalue weighted by Gasteiger charge is -2.30. The van der Waals surface area contributed by atoms with Crippen LogP contribution in [0.3, 0.4) is 0 Å². The van der Waals surface area contributed by atoms with Crippen molar-refractivity contribution in [1.29, 1.82) is 0 Å². The molecule has 0 radical (unpaired) electrons. The molecule has 4 aromatic rings. The van der Waals surface area contributed by atoms with Crippen LogP contribution in [0.1, 0.15) is 19.3 Å². The Balaban J connectivity index is 1.44. The van der Waals surface area contributed by atoms with Gasteiger partial charge < -0.3 is 9.47 Å². The number of rotatable bonds is 6. The van der Waals surface area contributed by atoms with Gasteiger partial charge in [0.1, 0.15) is 24.0 Å². The standard InChI is InChI=1S/C27H22ClF5N4O2/c28-19-7-2-5-15-4-1-6-17(20(15)19)22-21(30)23-18(11-34-22)24(38-14-27(31,32)33)36-25(35-23)39-13-26-8-3-9-37(26)12-16(29)10-26/h1-2,4-7,11,16H,3,8-10,12-14H2/t16-,26+/m1/s1. The van der Waals surface area contributed by atoms with Gasteiger partial charge in [-0.15, -0.1) is 0 Å². The number of pyridine rings is 1. The van der Waals surface area contributed by atoms with Crippen molar-refractivity contribution in [3.63, 3.8) is 0 Å². The van der Waals surface area contributed by atoms with Gasteiger partial charge in [0.25, 0.3) is 0 Å². The molecule has 0 unspecified atom stereocenters. The zero-order valence-electron chi connectivity index (χ0n) is 20.4. The van der Waals surface area contributed by atoms with Crippen LogP contribution < -0.4 is 9.47 Å². The number of hydrogen-bond donors (Lipinski definition) is 0. The van der Waals surface area contributed by atoms with Crippen molar-refractivity contribution in [1.82, 2.24) is 19.9 Å². The van der Waals surface area contributed by atoms with Crippen LogP contribution in [-0.4, -0.2) is 64.0 Å². The van der Waals surface area contributed by atoms with E-state index in [2.05, 4.69) is 15.0 Å². The van der Waals surface area contributed by atoms with E-state index in [1.54, 1.807) is 24.3 Å². The molecule has 4 heterocycles. The number of fused-ring (bicyclic) bond motifs is 3. The zero-order chi connectivity index (χ0) is 27.4. The molecular formula is C27H22ClF5N4O2. The van der Waals surface area contributed by atoms with E-state index in [0.29, 0.717) is 28.9 Å². The first-order valence-electron chi connectivity index (χ1n) is 12.4. The van der Waals surface area contributed by atoms with Crippen LogP contribution in [0, 0.1) is 5.82 Å². The maximum absolute atomic E-state index is 16.1. The van der Waals surface area contributed by atoms with Gasteiger partial charge >= 0.3 is 12.2 Å². The summed E-state index contributed by atoms with van der Waals surface area (Å²) in [5.41, 5.74) is -0.588. The predicted octanol–water partition coefficient (Wildman–Crippen LogP) is 6.53. The van der Waals surface area contributed by atoms with E-state index in [9.17, 15) is 17.6 Å². The molecule has 2 aliphatic heterocycles. The van der Waals surface area contributed by atoms with Gasteiger partial charge in [0, 0.05) is 35.1 Å². The number of halogens is 6. The number of benzene rings is 2. The lowest BCUT2D eigenvalue weighted by Crippen LogP contribution is -2.43. The minimum absolute atomic E-state index is 0.0100. The molecule has 0 aliphatic carbocycles. The summed E-state index contributed by atoms with van der Waals surface area (Å²) < 4.78 is 79.9. The number of hydrogen-bond acceptors (Lipinski definition) is 6. The minimum atomic E-state index is -4.66. The average molecular weight is 565 g/mol. The molecule has 6 rings (SSSR count). The normalized spacial score (nSPS) is 21.5. The van der Waals surface area contributed by atoms with Crippen molar-refractivity contribution in [2.75, 3.05) is 26.3 Å². The van der Waals surface area contributed by atoms with Crippen LogP contribution in [0.15, 0.2) is 42.6 Å². The fourth-order valence-corrected chi connectivity index (χ4v) is 5.95. The van der Waals surface area contributed by atoms with E-state index >= 15 is 4.39 Å². The zero-order valence-corrected chi connectivity index (χ0v) is 21.2. The summed E-state index contributed by atoms with van der Waals surface area (Å²) in [6, 6.07) is 10.1. The second-order valence-corrected chi connectivity index (χ2v) is 10.3. The van der Waals surface area contributed by atoms with Gasteiger partial charge in [-0.3, -0.25) is 9.88 Å². The van der Waals surface area contributed by atoms with Crippen molar-refractivity contribution in [2.45, 2.75) is 37.1 Å².